The Balaban J connectivity index is 1.87. The van der Waals surface area contributed by atoms with Crippen LogP contribution in [0.1, 0.15) is 31.5 Å². The van der Waals surface area contributed by atoms with Crippen molar-refractivity contribution in [3.63, 3.8) is 0 Å². The van der Waals surface area contributed by atoms with Crippen molar-refractivity contribution < 1.29 is 14.3 Å². The molecule has 0 aliphatic carbocycles. The standard InChI is InChI=1S/C19H27N5O3/c1-3-14-16(17(20)24-19(22)23-14)27-10-6-9-26-15-8-5-4-7-13(15)11-12(2)18(21)25/h4-5,7-8,12H,3,6,9-11H2,1-2H3,(H2,21,25)(H4,20,22,23,24)/t12-/m0/s1. The molecule has 8 nitrogen and oxygen atoms in total. The van der Waals surface area contributed by atoms with E-state index in [4.69, 9.17) is 26.7 Å². The number of hydrogen-bond donors (Lipinski definition) is 3. The first-order chi connectivity index (χ1) is 12.9. The first kappa shape index (κ1) is 20.3. The highest BCUT2D eigenvalue weighted by molar-refractivity contribution is 5.76. The molecule has 0 spiro atoms. The van der Waals surface area contributed by atoms with E-state index in [2.05, 4.69) is 9.97 Å². The Morgan fingerprint density at radius 1 is 1.15 bits per heavy atom. The van der Waals surface area contributed by atoms with E-state index >= 15 is 0 Å². The van der Waals surface area contributed by atoms with Gasteiger partial charge in [-0.3, -0.25) is 4.79 Å². The van der Waals surface area contributed by atoms with E-state index in [1.807, 2.05) is 31.2 Å². The predicted molar refractivity (Wildman–Crippen MR) is 104 cm³/mol. The molecule has 0 aliphatic heterocycles. The molecule has 0 saturated carbocycles. The highest BCUT2D eigenvalue weighted by Crippen LogP contribution is 2.25. The molecular weight excluding hydrogens is 346 g/mol. The number of carbonyl (C=O) groups is 1. The predicted octanol–water partition coefficient (Wildman–Crippen LogP) is 1.72. The van der Waals surface area contributed by atoms with Crippen LogP contribution in [0.15, 0.2) is 24.3 Å². The number of nitrogens with zero attached hydrogens (tertiary/aromatic N) is 2. The van der Waals surface area contributed by atoms with E-state index in [0.29, 0.717) is 43.9 Å². The number of aromatic nitrogens is 2. The number of anilines is 2. The molecule has 1 aromatic carbocycles. The summed E-state index contributed by atoms with van der Waals surface area (Å²) in [5.74, 6) is 1.03. The summed E-state index contributed by atoms with van der Waals surface area (Å²) >= 11 is 0. The highest BCUT2D eigenvalue weighted by atomic mass is 16.5. The Bertz CT molecular complexity index is 782. The number of carbonyl (C=O) groups excluding carboxylic acids is 1. The fraction of sp³-hybridized carbons (Fsp3) is 0.421. The Morgan fingerprint density at radius 3 is 2.56 bits per heavy atom. The van der Waals surface area contributed by atoms with Crippen molar-refractivity contribution in [2.45, 2.75) is 33.1 Å². The smallest absolute Gasteiger partial charge is 0.222 e. The second kappa shape index (κ2) is 9.61. The average Bonchev–Trinajstić information content (AvgIpc) is 2.63. The van der Waals surface area contributed by atoms with Crippen LogP contribution in [0, 0.1) is 5.92 Å². The van der Waals surface area contributed by atoms with Crippen LogP contribution in [0.5, 0.6) is 11.5 Å². The number of nitrogens with two attached hydrogens (primary N) is 3. The van der Waals surface area contributed by atoms with Crippen molar-refractivity contribution in [3.8, 4) is 11.5 Å². The number of primary amides is 1. The van der Waals surface area contributed by atoms with Gasteiger partial charge in [-0.2, -0.15) is 4.98 Å². The van der Waals surface area contributed by atoms with Crippen molar-refractivity contribution in [1.82, 2.24) is 9.97 Å². The highest BCUT2D eigenvalue weighted by Gasteiger charge is 2.13. The summed E-state index contributed by atoms with van der Waals surface area (Å²) in [6, 6.07) is 7.62. The van der Waals surface area contributed by atoms with Crippen LogP contribution in [0.2, 0.25) is 0 Å². The third-order valence-electron chi connectivity index (χ3n) is 4.09. The normalized spacial score (nSPS) is 11.8. The zero-order valence-electron chi connectivity index (χ0n) is 15.8. The Hall–Kier alpha value is -3.03. The summed E-state index contributed by atoms with van der Waals surface area (Å²) in [5.41, 5.74) is 18.5. The van der Waals surface area contributed by atoms with Gasteiger partial charge in [0.1, 0.15) is 5.75 Å². The number of aryl methyl sites for hydroxylation is 1. The monoisotopic (exact) mass is 373 g/mol. The van der Waals surface area contributed by atoms with E-state index in [9.17, 15) is 4.79 Å². The van der Waals surface area contributed by atoms with Crippen LogP contribution in [0.4, 0.5) is 11.8 Å². The number of ether oxygens (including phenoxy) is 2. The first-order valence-corrected chi connectivity index (χ1v) is 8.97. The van der Waals surface area contributed by atoms with Gasteiger partial charge in [-0.05, 0) is 24.5 Å². The maximum Gasteiger partial charge on any atom is 0.222 e. The molecule has 1 atom stereocenters. The molecule has 1 aromatic heterocycles. The Labute approximate surface area is 159 Å². The number of para-hydroxylation sites is 1. The van der Waals surface area contributed by atoms with E-state index in [-0.39, 0.29) is 23.6 Å². The SMILES string of the molecule is CCc1nc(N)nc(N)c1OCCCOc1ccccc1C[C@H](C)C(N)=O. The number of hydrogen-bond acceptors (Lipinski definition) is 7. The van der Waals surface area contributed by atoms with Crippen molar-refractivity contribution in [1.29, 1.82) is 0 Å². The van der Waals surface area contributed by atoms with Gasteiger partial charge in [0.2, 0.25) is 11.9 Å². The molecular formula is C19H27N5O3. The fourth-order valence-corrected chi connectivity index (χ4v) is 2.59. The van der Waals surface area contributed by atoms with Crippen molar-refractivity contribution in [2.24, 2.45) is 11.7 Å². The molecule has 0 saturated heterocycles. The van der Waals surface area contributed by atoms with Crippen LogP contribution in [0.3, 0.4) is 0 Å². The lowest BCUT2D eigenvalue weighted by molar-refractivity contribution is -0.121. The van der Waals surface area contributed by atoms with E-state index in [0.717, 1.165) is 11.3 Å². The Kier molecular flexibility index (Phi) is 7.22. The lowest BCUT2D eigenvalue weighted by atomic mass is 10.00. The molecule has 0 aliphatic rings. The summed E-state index contributed by atoms with van der Waals surface area (Å²) in [6.45, 7) is 4.61. The van der Waals surface area contributed by atoms with Crippen LogP contribution in [-0.2, 0) is 17.6 Å². The minimum Gasteiger partial charge on any atom is -0.493 e. The van der Waals surface area contributed by atoms with Crippen LogP contribution >= 0.6 is 0 Å². The van der Waals surface area contributed by atoms with Gasteiger partial charge in [-0.15, -0.1) is 0 Å². The average molecular weight is 373 g/mol. The van der Waals surface area contributed by atoms with E-state index < -0.39 is 0 Å². The quantitative estimate of drug-likeness (QED) is 0.539. The summed E-state index contributed by atoms with van der Waals surface area (Å²) < 4.78 is 11.6. The summed E-state index contributed by atoms with van der Waals surface area (Å²) in [4.78, 5) is 19.4. The molecule has 146 valence electrons. The Morgan fingerprint density at radius 2 is 1.85 bits per heavy atom. The van der Waals surface area contributed by atoms with Crippen LogP contribution in [0.25, 0.3) is 0 Å². The first-order valence-electron chi connectivity index (χ1n) is 8.97. The molecule has 1 amide bonds. The summed E-state index contributed by atoms with van der Waals surface area (Å²) in [6.07, 6.45) is 1.84. The molecule has 8 heteroatoms. The molecule has 2 rings (SSSR count). The van der Waals surface area contributed by atoms with E-state index in [1.165, 1.54) is 0 Å². The number of nitrogen functional groups attached to an aromatic ring is 2. The lowest BCUT2D eigenvalue weighted by Gasteiger charge is -2.15. The fourth-order valence-electron chi connectivity index (χ4n) is 2.59. The summed E-state index contributed by atoms with van der Waals surface area (Å²) in [7, 11) is 0. The molecule has 1 heterocycles. The third kappa shape index (κ3) is 5.73. The van der Waals surface area contributed by atoms with Gasteiger partial charge in [-0.1, -0.05) is 32.0 Å². The minimum absolute atomic E-state index is 0.141. The van der Waals surface area contributed by atoms with Gasteiger partial charge in [0.15, 0.2) is 11.6 Å². The van der Waals surface area contributed by atoms with Gasteiger partial charge in [0.05, 0.1) is 18.9 Å². The van der Waals surface area contributed by atoms with Crippen LogP contribution < -0.4 is 26.7 Å². The third-order valence-corrected chi connectivity index (χ3v) is 4.09. The molecule has 0 fully saturated rings. The van der Waals surface area contributed by atoms with Gasteiger partial charge >= 0.3 is 0 Å². The van der Waals surface area contributed by atoms with Gasteiger partial charge in [0, 0.05) is 12.3 Å². The zero-order valence-corrected chi connectivity index (χ0v) is 15.8. The molecule has 6 N–H and O–H groups in total. The minimum atomic E-state index is -0.326. The second-order valence-electron chi connectivity index (χ2n) is 6.26. The van der Waals surface area contributed by atoms with Crippen molar-refractivity contribution >= 4 is 17.7 Å². The largest absolute Gasteiger partial charge is 0.493 e. The van der Waals surface area contributed by atoms with Crippen LogP contribution in [-0.4, -0.2) is 29.1 Å². The number of rotatable bonds is 10. The van der Waals surface area contributed by atoms with Crippen molar-refractivity contribution in [3.05, 3.63) is 35.5 Å². The summed E-state index contributed by atoms with van der Waals surface area (Å²) in [5, 5.41) is 0. The zero-order chi connectivity index (χ0) is 19.8. The number of amides is 1. The molecule has 27 heavy (non-hydrogen) atoms. The van der Waals surface area contributed by atoms with Gasteiger partial charge in [-0.25, -0.2) is 4.98 Å². The maximum atomic E-state index is 11.3. The van der Waals surface area contributed by atoms with Gasteiger partial charge in [0.25, 0.3) is 0 Å². The number of benzene rings is 1. The maximum absolute atomic E-state index is 11.3. The molecule has 2 aromatic rings. The molecule has 0 unspecified atom stereocenters. The molecule has 0 radical (unpaired) electrons. The van der Waals surface area contributed by atoms with E-state index in [1.54, 1.807) is 6.92 Å². The second-order valence-corrected chi connectivity index (χ2v) is 6.26. The van der Waals surface area contributed by atoms with Crippen molar-refractivity contribution in [2.75, 3.05) is 24.7 Å². The lowest BCUT2D eigenvalue weighted by Crippen LogP contribution is -2.22. The topological polar surface area (TPSA) is 139 Å². The molecule has 0 bridgehead atoms. The van der Waals surface area contributed by atoms with Gasteiger partial charge < -0.3 is 26.7 Å².